The second-order valence-electron chi connectivity index (χ2n) is 6.09. The highest BCUT2D eigenvalue weighted by molar-refractivity contribution is 5.81. The molecule has 0 aromatic carbocycles. The molecule has 2 atom stereocenters. The Morgan fingerprint density at radius 2 is 2.00 bits per heavy atom. The van der Waals surface area contributed by atoms with Crippen molar-refractivity contribution in [2.24, 2.45) is 11.8 Å². The van der Waals surface area contributed by atoms with Gasteiger partial charge in [0, 0.05) is 24.4 Å². The minimum atomic E-state index is 0.168. The third kappa shape index (κ3) is 3.60. The molecule has 0 spiro atoms. The molecule has 15 heavy (non-hydrogen) atoms. The molecule has 1 rings (SSSR count). The topological polar surface area (TPSA) is 20.3 Å². The molecular weight excluding hydrogens is 186 g/mol. The standard InChI is InChI=1S/C13H25NO/c1-10-6-7-12(15)11(8-10)9-14(5)13(2,3)4/h10-11H,6-9H2,1-5H3. The van der Waals surface area contributed by atoms with Crippen LogP contribution in [-0.2, 0) is 4.79 Å². The van der Waals surface area contributed by atoms with Crippen LogP contribution in [0, 0.1) is 11.8 Å². The predicted octanol–water partition coefficient (Wildman–Crippen LogP) is 2.72. The Bertz CT molecular complexity index is 229. The Hall–Kier alpha value is -0.370. The van der Waals surface area contributed by atoms with Gasteiger partial charge in [0.05, 0.1) is 0 Å². The van der Waals surface area contributed by atoms with Crippen LogP contribution in [0.3, 0.4) is 0 Å². The van der Waals surface area contributed by atoms with Gasteiger partial charge in [0.25, 0.3) is 0 Å². The molecule has 0 heterocycles. The van der Waals surface area contributed by atoms with Gasteiger partial charge in [-0.05, 0) is 46.6 Å². The number of ketones is 1. The fourth-order valence-corrected chi connectivity index (χ4v) is 2.11. The van der Waals surface area contributed by atoms with Crippen molar-refractivity contribution in [1.29, 1.82) is 0 Å². The maximum Gasteiger partial charge on any atom is 0.137 e. The molecule has 0 bridgehead atoms. The summed E-state index contributed by atoms with van der Waals surface area (Å²) < 4.78 is 0. The molecule has 0 aromatic rings. The summed E-state index contributed by atoms with van der Waals surface area (Å²) in [7, 11) is 2.12. The lowest BCUT2D eigenvalue weighted by Gasteiger charge is -2.36. The highest BCUT2D eigenvalue weighted by Gasteiger charge is 2.29. The van der Waals surface area contributed by atoms with E-state index in [1.807, 2.05) is 0 Å². The van der Waals surface area contributed by atoms with E-state index in [1.54, 1.807) is 0 Å². The summed E-state index contributed by atoms with van der Waals surface area (Å²) in [6, 6.07) is 0. The summed E-state index contributed by atoms with van der Waals surface area (Å²) >= 11 is 0. The first-order valence-corrected chi connectivity index (χ1v) is 6.04. The molecule has 2 nitrogen and oxygen atoms in total. The zero-order valence-electron chi connectivity index (χ0n) is 10.8. The van der Waals surface area contributed by atoms with Crippen LogP contribution in [0.2, 0.25) is 0 Å². The van der Waals surface area contributed by atoms with Gasteiger partial charge in [0.15, 0.2) is 0 Å². The average Bonchev–Trinajstić information content (AvgIpc) is 2.09. The van der Waals surface area contributed by atoms with E-state index in [-0.39, 0.29) is 11.5 Å². The van der Waals surface area contributed by atoms with E-state index in [0.717, 1.165) is 31.7 Å². The maximum atomic E-state index is 11.8. The van der Waals surface area contributed by atoms with Crippen molar-refractivity contribution in [2.45, 2.75) is 52.5 Å². The van der Waals surface area contributed by atoms with Crippen molar-refractivity contribution in [3.63, 3.8) is 0 Å². The highest BCUT2D eigenvalue weighted by atomic mass is 16.1. The van der Waals surface area contributed by atoms with E-state index in [1.165, 1.54) is 0 Å². The van der Waals surface area contributed by atoms with Gasteiger partial charge in [-0.3, -0.25) is 4.79 Å². The van der Waals surface area contributed by atoms with Gasteiger partial charge < -0.3 is 4.90 Å². The molecule has 0 amide bonds. The Kier molecular flexibility index (Phi) is 3.93. The third-order valence-corrected chi connectivity index (χ3v) is 3.67. The van der Waals surface area contributed by atoms with Crippen molar-refractivity contribution in [2.75, 3.05) is 13.6 Å². The smallest absolute Gasteiger partial charge is 0.137 e. The molecule has 0 aliphatic heterocycles. The van der Waals surface area contributed by atoms with Crippen molar-refractivity contribution in [1.82, 2.24) is 4.90 Å². The zero-order valence-corrected chi connectivity index (χ0v) is 10.8. The lowest BCUT2D eigenvalue weighted by molar-refractivity contribution is -0.126. The Labute approximate surface area is 94.0 Å². The molecule has 2 heteroatoms. The van der Waals surface area contributed by atoms with Gasteiger partial charge in [-0.2, -0.15) is 0 Å². The first-order valence-electron chi connectivity index (χ1n) is 6.04. The van der Waals surface area contributed by atoms with Crippen LogP contribution in [0.1, 0.15) is 47.0 Å². The van der Waals surface area contributed by atoms with Crippen LogP contribution in [0.4, 0.5) is 0 Å². The molecule has 1 saturated carbocycles. The quantitative estimate of drug-likeness (QED) is 0.700. The summed E-state index contributed by atoms with van der Waals surface area (Å²) in [4.78, 5) is 14.1. The van der Waals surface area contributed by atoms with E-state index in [0.29, 0.717) is 5.78 Å². The van der Waals surface area contributed by atoms with E-state index in [4.69, 9.17) is 0 Å². The minimum Gasteiger partial charge on any atom is -0.301 e. The Morgan fingerprint density at radius 1 is 1.40 bits per heavy atom. The molecule has 0 radical (unpaired) electrons. The van der Waals surface area contributed by atoms with Crippen LogP contribution in [0.5, 0.6) is 0 Å². The third-order valence-electron chi connectivity index (χ3n) is 3.67. The van der Waals surface area contributed by atoms with Crippen LogP contribution in [-0.4, -0.2) is 29.8 Å². The molecule has 2 unspecified atom stereocenters. The molecule has 0 aromatic heterocycles. The molecule has 1 aliphatic rings. The number of carbonyl (C=O) groups excluding carboxylic acids is 1. The molecule has 1 aliphatic carbocycles. The van der Waals surface area contributed by atoms with Gasteiger partial charge in [-0.15, -0.1) is 0 Å². The zero-order chi connectivity index (χ0) is 11.6. The first kappa shape index (κ1) is 12.7. The average molecular weight is 211 g/mol. The largest absolute Gasteiger partial charge is 0.301 e. The van der Waals surface area contributed by atoms with Gasteiger partial charge >= 0.3 is 0 Å². The Morgan fingerprint density at radius 3 is 2.53 bits per heavy atom. The first-order chi connectivity index (χ1) is 6.80. The molecule has 0 saturated heterocycles. The molecule has 0 N–H and O–H groups in total. The van der Waals surface area contributed by atoms with Gasteiger partial charge in [0.1, 0.15) is 5.78 Å². The Balaban J connectivity index is 2.53. The van der Waals surface area contributed by atoms with Crippen molar-refractivity contribution in [3.05, 3.63) is 0 Å². The summed E-state index contributed by atoms with van der Waals surface area (Å²) in [6.45, 7) is 9.78. The molecule has 1 fully saturated rings. The van der Waals surface area contributed by atoms with Crippen LogP contribution in [0.15, 0.2) is 0 Å². The van der Waals surface area contributed by atoms with Crippen LogP contribution >= 0.6 is 0 Å². The fourth-order valence-electron chi connectivity index (χ4n) is 2.11. The number of carbonyl (C=O) groups is 1. The maximum absolute atomic E-state index is 11.8. The number of hydrogen-bond acceptors (Lipinski definition) is 2. The van der Waals surface area contributed by atoms with Crippen LogP contribution in [0.25, 0.3) is 0 Å². The fraction of sp³-hybridized carbons (Fsp3) is 0.923. The van der Waals surface area contributed by atoms with Crippen LogP contribution < -0.4 is 0 Å². The minimum absolute atomic E-state index is 0.168. The summed E-state index contributed by atoms with van der Waals surface area (Å²) in [5, 5.41) is 0. The van der Waals surface area contributed by atoms with E-state index < -0.39 is 0 Å². The second kappa shape index (κ2) is 4.65. The molecule has 88 valence electrons. The number of Topliss-reactive ketones (excluding diaryl/α,β-unsaturated/α-hetero) is 1. The van der Waals surface area contributed by atoms with Gasteiger partial charge in [0.2, 0.25) is 0 Å². The molecular formula is C13H25NO. The van der Waals surface area contributed by atoms with Gasteiger partial charge in [-0.25, -0.2) is 0 Å². The lowest BCUT2D eigenvalue weighted by atomic mass is 9.81. The lowest BCUT2D eigenvalue weighted by Crippen LogP contribution is -2.43. The van der Waals surface area contributed by atoms with Crippen molar-refractivity contribution >= 4 is 5.78 Å². The predicted molar refractivity (Wildman–Crippen MR) is 63.9 cm³/mol. The normalized spacial score (nSPS) is 28.5. The second-order valence-corrected chi connectivity index (χ2v) is 6.09. The highest BCUT2D eigenvalue weighted by Crippen LogP contribution is 2.27. The van der Waals surface area contributed by atoms with Crippen molar-refractivity contribution in [3.8, 4) is 0 Å². The summed E-state index contributed by atoms with van der Waals surface area (Å²) in [5.74, 6) is 1.48. The van der Waals surface area contributed by atoms with Crippen molar-refractivity contribution < 1.29 is 4.79 Å². The number of nitrogens with zero attached hydrogens (tertiary/aromatic N) is 1. The van der Waals surface area contributed by atoms with Gasteiger partial charge in [-0.1, -0.05) is 6.92 Å². The monoisotopic (exact) mass is 211 g/mol. The van der Waals surface area contributed by atoms with E-state index >= 15 is 0 Å². The van der Waals surface area contributed by atoms with E-state index in [9.17, 15) is 4.79 Å². The SMILES string of the molecule is CC1CCC(=O)C(CN(C)C(C)(C)C)C1. The summed E-state index contributed by atoms with van der Waals surface area (Å²) in [5.41, 5.74) is 0.168. The summed E-state index contributed by atoms with van der Waals surface area (Å²) in [6.07, 6.45) is 2.97. The van der Waals surface area contributed by atoms with E-state index in [2.05, 4.69) is 39.6 Å². The number of hydrogen-bond donors (Lipinski definition) is 0. The number of rotatable bonds is 2.